The third-order valence-electron chi connectivity index (χ3n) is 4.24. The lowest BCUT2D eigenvalue weighted by atomic mass is 10.0. The number of hydrogen-bond acceptors (Lipinski definition) is 3. The lowest BCUT2D eigenvalue weighted by Crippen LogP contribution is -2.03. The molecule has 0 aliphatic rings. The Morgan fingerprint density at radius 1 is 1.23 bits per heavy atom. The first kappa shape index (κ1) is 28.0. The van der Waals surface area contributed by atoms with Crippen molar-refractivity contribution >= 4 is 22.9 Å². The number of aromatic nitrogens is 2. The Balaban J connectivity index is 0.000000547. The van der Waals surface area contributed by atoms with E-state index >= 15 is 0 Å². The maximum atomic E-state index is 13.2. The fourth-order valence-corrected chi connectivity index (χ4v) is 2.61. The Morgan fingerprint density at radius 3 is 2.19 bits per heavy atom. The number of allylic oxidation sites excluding steroid dienone is 2. The first-order valence-corrected chi connectivity index (χ1v) is 10.5. The molecule has 0 spiro atoms. The number of unbranched alkanes of at least 4 members (excludes halogenated alkanes) is 1. The molecule has 0 fully saturated rings. The van der Waals surface area contributed by atoms with Gasteiger partial charge in [0.15, 0.2) is 0 Å². The zero-order chi connectivity index (χ0) is 24.0. The van der Waals surface area contributed by atoms with E-state index in [2.05, 4.69) is 35.3 Å². The van der Waals surface area contributed by atoms with Crippen molar-refractivity contribution in [2.45, 2.75) is 54.4 Å². The van der Waals surface area contributed by atoms with E-state index in [0.717, 1.165) is 41.9 Å². The van der Waals surface area contributed by atoms with Gasteiger partial charge in [-0.25, -0.2) is 8.78 Å². The van der Waals surface area contributed by atoms with Gasteiger partial charge in [0, 0.05) is 29.6 Å². The summed E-state index contributed by atoms with van der Waals surface area (Å²) in [6.45, 7) is 19.5. The maximum Gasteiger partial charge on any atom is 0.134 e. The normalized spacial score (nSPS) is 11.1. The van der Waals surface area contributed by atoms with Crippen LogP contribution in [0.25, 0.3) is 17.2 Å². The maximum absolute atomic E-state index is 13.2. The highest BCUT2D eigenvalue weighted by Gasteiger charge is 2.10. The average Bonchev–Trinajstić information content (AvgIpc) is 3.15. The van der Waals surface area contributed by atoms with E-state index in [1.165, 1.54) is 18.2 Å². The Hall–Kier alpha value is -3.02. The van der Waals surface area contributed by atoms with Crippen LogP contribution in [0.1, 0.15) is 69.8 Å². The molecule has 0 aliphatic heterocycles. The standard InChI is InChI=1S/C12H20N4.C11H10F2.C2H6/c1-4-5-6-14-10(3)11(7-13)12-9(2)8-15-16-12;1-4-8-5-9(12)11(7(2)3)10(13)6-8;1-2/h7-8H,4-6,13H2,1-3H3,(H,15,16);4-6H,1-2H2,3H3;1-2H3/b11-7+,14-10?;;. The molecule has 1 heterocycles. The topological polar surface area (TPSA) is 67.1 Å². The first-order valence-electron chi connectivity index (χ1n) is 10.5. The molecule has 0 radical (unpaired) electrons. The molecule has 0 atom stereocenters. The smallest absolute Gasteiger partial charge is 0.134 e. The monoisotopic (exact) mass is 430 g/mol. The zero-order valence-electron chi connectivity index (χ0n) is 19.6. The molecule has 2 aromatic rings. The first-order chi connectivity index (χ1) is 14.8. The number of nitrogens with zero attached hydrogens (tertiary/aromatic N) is 2. The second-order valence-corrected chi connectivity index (χ2v) is 6.67. The molecule has 0 amide bonds. The molecule has 170 valence electrons. The molecule has 0 aliphatic carbocycles. The molecule has 4 nitrogen and oxygen atoms in total. The highest BCUT2D eigenvalue weighted by molar-refractivity contribution is 6.22. The summed E-state index contributed by atoms with van der Waals surface area (Å²) in [5.74, 6) is -1.19. The minimum absolute atomic E-state index is 0.0504. The van der Waals surface area contributed by atoms with Crippen molar-refractivity contribution in [2.75, 3.05) is 6.54 Å². The molecular formula is C25H36F2N4. The van der Waals surface area contributed by atoms with Gasteiger partial charge in [0.05, 0.1) is 11.9 Å². The van der Waals surface area contributed by atoms with Crippen LogP contribution >= 0.6 is 0 Å². The van der Waals surface area contributed by atoms with Gasteiger partial charge in [-0.15, -0.1) is 0 Å². The molecule has 0 saturated heterocycles. The minimum atomic E-state index is -0.595. The average molecular weight is 431 g/mol. The lowest BCUT2D eigenvalue weighted by Gasteiger charge is -2.05. The summed E-state index contributed by atoms with van der Waals surface area (Å²) >= 11 is 0. The van der Waals surface area contributed by atoms with Crippen LogP contribution in [0.2, 0.25) is 0 Å². The molecule has 31 heavy (non-hydrogen) atoms. The van der Waals surface area contributed by atoms with Crippen molar-refractivity contribution in [3.05, 3.63) is 71.7 Å². The van der Waals surface area contributed by atoms with Gasteiger partial charge in [0.2, 0.25) is 0 Å². The summed E-state index contributed by atoms with van der Waals surface area (Å²) in [5.41, 5.74) is 10.3. The Morgan fingerprint density at radius 2 is 1.81 bits per heavy atom. The molecule has 3 N–H and O–H groups in total. The fourth-order valence-electron chi connectivity index (χ4n) is 2.61. The number of aryl methyl sites for hydroxylation is 1. The van der Waals surface area contributed by atoms with Gasteiger partial charge in [0.1, 0.15) is 11.6 Å². The van der Waals surface area contributed by atoms with Gasteiger partial charge in [-0.2, -0.15) is 5.10 Å². The molecule has 0 unspecified atom stereocenters. The highest BCUT2D eigenvalue weighted by Crippen LogP contribution is 2.22. The summed E-state index contributed by atoms with van der Waals surface area (Å²) in [5, 5.41) is 6.94. The third-order valence-corrected chi connectivity index (χ3v) is 4.24. The van der Waals surface area contributed by atoms with E-state index in [-0.39, 0.29) is 5.56 Å². The second kappa shape index (κ2) is 14.9. The number of aromatic amines is 1. The van der Waals surface area contributed by atoms with E-state index in [1.807, 2.05) is 27.7 Å². The van der Waals surface area contributed by atoms with Crippen molar-refractivity contribution in [2.24, 2.45) is 10.7 Å². The summed E-state index contributed by atoms with van der Waals surface area (Å²) in [6.07, 6.45) is 7.04. The highest BCUT2D eigenvalue weighted by atomic mass is 19.1. The molecule has 6 heteroatoms. The van der Waals surface area contributed by atoms with Crippen LogP contribution in [-0.2, 0) is 0 Å². The number of halogens is 2. The van der Waals surface area contributed by atoms with Crippen LogP contribution in [0.3, 0.4) is 0 Å². The largest absolute Gasteiger partial charge is 0.404 e. The van der Waals surface area contributed by atoms with Crippen LogP contribution in [0.4, 0.5) is 8.78 Å². The van der Waals surface area contributed by atoms with Gasteiger partial charge in [-0.05, 0) is 56.0 Å². The van der Waals surface area contributed by atoms with Gasteiger partial charge in [0.25, 0.3) is 0 Å². The summed E-state index contributed by atoms with van der Waals surface area (Å²) in [7, 11) is 0. The molecule has 0 bridgehead atoms. The Kier molecular flexibility index (Phi) is 13.4. The predicted octanol–water partition coefficient (Wildman–Crippen LogP) is 6.95. The lowest BCUT2D eigenvalue weighted by molar-refractivity contribution is 0.576. The third kappa shape index (κ3) is 8.70. The molecule has 2 rings (SSSR count). The van der Waals surface area contributed by atoms with Crippen LogP contribution in [0.15, 0.2) is 42.7 Å². The summed E-state index contributed by atoms with van der Waals surface area (Å²) in [6, 6.07) is 2.47. The SMILES string of the molecule is C=Cc1cc(F)c(C(=C)C)c(F)c1.CC.CCCCN=C(C)/C(=C\N)c1[nH]ncc1C. The van der Waals surface area contributed by atoms with Crippen LogP contribution < -0.4 is 5.73 Å². The fraction of sp³-hybridized carbons (Fsp3) is 0.360. The van der Waals surface area contributed by atoms with E-state index in [1.54, 1.807) is 19.3 Å². The Bertz CT molecular complexity index is 885. The second-order valence-electron chi connectivity index (χ2n) is 6.67. The van der Waals surface area contributed by atoms with Crippen molar-refractivity contribution < 1.29 is 8.78 Å². The van der Waals surface area contributed by atoms with Gasteiger partial charge in [-0.1, -0.05) is 46.4 Å². The molecule has 1 aromatic carbocycles. The molecule has 1 aromatic heterocycles. The van der Waals surface area contributed by atoms with Crippen molar-refractivity contribution in [1.82, 2.24) is 10.2 Å². The van der Waals surface area contributed by atoms with E-state index in [4.69, 9.17) is 5.73 Å². The van der Waals surface area contributed by atoms with E-state index in [9.17, 15) is 8.78 Å². The number of hydrogen-bond donors (Lipinski definition) is 2. The number of benzene rings is 1. The number of aliphatic imine (C=N–C) groups is 1. The number of rotatable bonds is 7. The van der Waals surface area contributed by atoms with E-state index in [0.29, 0.717) is 11.1 Å². The van der Waals surface area contributed by atoms with Crippen LogP contribution in [-0.4, -0.2) is 22.5 Å². The Labute approximate surface area is 185 Å². The van der Waals surface area contributed by atoms with Crippen molar-refractivity contribution in [1.29, 1.82) is 0 Å². The van der Waals surface area contributed by atoms with E-state index < -0.39 is 11.6 Å². The quantitative estimate of drug-likeness (QED) is 0.369. The van der Waals surface area contributed by atoms with Gasteiger partial charge >= 0.3 is 0 Å². The zero-order valence-corrected chi connectivity index (χ0v) is 19.6. The van der Waals surface area contributed by atoms with Crippen molar-refractivity contribution in [3.8, 4) is 0 Å². The predicted molar refractivity (Wildman–Crippen MR) is 131 cm³/mol. The minimum Gasteiger partial charge on any atom is -0.404 e. The summed E-state index contributed by atoms with van der Waals surface area (Å²) in [4.78, 5) is 4.50. The number of nitrogens with one attached hydrogen (secondary N) is 1. The number of nitrogens with two attached hydrogens (primary N) is 1. The van der Waals surface area contributed by atoms with Crippen LogP contribution in [0.5, 0.6) is 0 Å². The number of H-pyrrole nitrogens is 1. The molecule has 0 saturated carbocycles. The van der Waals surface area contributed by atoms with Crippen LogP contribution in [0, 0.1) is 18.6 Å². The van der Waals surface area contributed by atoms with Gasteiger partial charge < -0.3 is 5.73 Å². The molecular weight excluding hydrogens is 394 g/mol. The summed E-state index contributed by atoms with van der Waals surface area (Å²) < 4.78 is 26.4. The van der Waals surface area contributed by atoms with Crippen molar-refractivity contribution in [3.63, 3.8) is 0 Å². The van der Waals surface area contributed by atoms with Gasteiger partial charge in [-0.3, -0.25) is 10.1 Å².